The molecule has 0 amide bonds. The lowest BCUT2D eigenvalue weighted by molar-refractivity contribution is -0.186. The van der Waals surface area contributed by atoms with Gasteiger partial charge in [-0.05, 0) is 56.3 Å². The second kappa shape index (κ2) is 6.02. The third kappa shape index (κ3) is 3.87. The van der Waals surface area contributed by atoms with Gasteiger partial charge in [-0.3, -0.25) is 0 Å². The largest absolute Gasteiger partial charge is 0.393 e. The molecule has 1 N–H and O–H groups in total. The predicted molar refractivity (Wildman–Crippen MR) is 68.6 cm³/mol. The van der Waals surface area contributed by atoms with E-state index in [2.05, 4.69) is 6.92 Å². The molecule has 1 atom stereocenters. The summed E-state index contributed by atoms with van der Waals surface area (Å²) in [5.41, 5.74) is 0. The monoisotopic (exact) mass is 278 g/mol. The number of hydrogen-bond donors (Lipinski definition) is 1. The topological polar surface area (TPSA) is 20.2 Å². The van der Waals surface area contributed by atoms with Crippen molar-refractivity contribution < 1.29 is 18.3 Å². The fourth-order valence-electron chi connectivity index (χ4n) is 3.80. The molecule has 0 radical (unpaired) electrons. The Labute approximate surface area is 113 Å². The standard InChI is InChI=1S/C15H25F3O/c1-10-2-4-11(5-3-10)14(19)12-6-8-13(9-7-12)15(16,17)18/h10-14,19H,2-9H2,1H3. The summed E-state index contributed by atoms with van der Waals surface area (Å²) in [4.78, 5) is 0. The van der Waals surface area contributed by atoms with Gasteiger partial charge in [-0.2, -0.15) is 13.2 Å². The molecule has 0 bridgehead atoms. The lowest BCUT2D eigenvalue weighted by atomic mass is 9.71. The highest BCUT2D eigenvalue weighted by Crippen LogP contribution is 2.43. The molecule has 0 aromatic rings. The van der Waals surface area contributed by atoms with E-state index < -0.39 is 12.1 Å². The summed E-state index contributed by atoms with van der Waals surface area (Å²) in [5, 5.41) is 10.4. The van der Waals surface area contributed by atoms with Crippen molar-refractivity contribution in [3.8, 4) is 0 Å². The van der Waals surface area contributed by atoms with Crippen molar-refractivity contribution in [2.24, 2.45) is 23.7 Å². The summed E-state index contributed by atoms with van der Waals surface area (Å²) in [7, 11) is 0. The van der Waals surface area contributed by atoms with E-state index in [1.165, 1.54) is 0 Å². The third-order valence-electron chi connectivity index (χ3n) is 5.26. The zero-order valence-electron chi connectivity index (χ0n) is 11.6. The van der Waals surface area contributed by atoms with E-state index in [0.717, 1.165) is 31.6 Å². The normalized spacial score (nSPS) is 39.0. The Morgan fingerprint density at radius 2 is 1.26 bits per heavy atom. The SMILES string of the molecule is CC1CCC(C(O)C2CCC(C(F)(F)F)CC2)CC1. The molecule has 0 aromatic carbocycles. The van der Waals surface area contributed by atoms with Crippen LogP contribution in [0.3, 0.4) is 0 Å². The molecule has 112 valence electrons. The van der Waals surface area contributed by atoms with Gasteiger partial charge in [-0.1, -0.05) is 19.8 Å². The molecule has 0 saturated heterocycles. The summed E-state index contributed by atoms with van der Waals surface area (Å²) < 4.78 is 37.8. The van der Waals surface area contributed by atoms with E-state index in [1.807, 2.05) is 0 Å². The van der Waals surface area contributed by atoms with Crippen molar-refractivity contribution in [2.75, 3.05) is 0 Å². The lowest BCUT2D eigenvalue weighted by Crippen LogP contribution is -2.36. The second-order valence-electron chi connectivity index (χ2n) is 6.66. The molecule has 2 rings (SSSR count). The molecule has 0 aliphatic heterocycles. The number of halogens is 3. The Kier molecular flexibility index (Phi) is 4.80. The summed E-state index contributed by atoms with van der Waals surface area (Å²) in [6.45, 7) is 2.23. The first-order chi connectivity index (χ1) is 8.88. The Bertz CT molecular complexity index is 274. The molecule has 2 aliphatic rings. The summed E-state index contributed by atoms with van der Waals surface area (Å²) >= 11 is 0. The molecule has 2 aliphatic carbocycles. The van der Waals surface area contributed by atoms with E-state index >= 15 is 0 Å². The Morgan fingerprint density at radius 1 is 0.842 bits per heavy atom. The highest BCUT2D eigenvalue weighted by atomic mass is 19.4. The molecule has 0 heterocycles. The van der Waals surface area contributed by atoms with Crippen LogP contribution in [-0.2, 0) is 0 Å². The van der Waals surface area contributed by atoms with Gasteiger partial charge in [-0.15, -0.1) is 0 Å². The average molecular weight is 278 g/mol. The van der Waals surface area contributed by atoms with Gasteiger partial charge in [0.15, 0.2) is 0 Å². The molecule has 1 unspecified atom stereocenters. The van der Waals surface area contributed by atoms with Crippen molar-refractivity contribution in [1.82, 2.24) is 0 Å². The van der Waals surface area contributed by atoms with Crippen molar-refractivity contribution >= 4 is 0 Å². The minimum absolute atomic E-state index is 0.0945. The quantitative estimate of drug-likeness (QED) is 0.786. The summed E-state index contributed by atoms with van der Waals surface area (Å²) in [5.74, 6) is 0.0207. The van der Waals surface area contributed by atoms with Crippen LogP contribution in [0.4, 0.5) is 13.2 Å². The number of hydrogen-bond acceptors (Lipinski definition) is 1. The van der Waals surface area contributed by atoms with Crippen LogP contribution in [-0.4, -0.2) is 17.4 Å². The lowest BCUT2D eigenvalue weighted by Gasteiger charge is -2.38. The molecular formula is C15H25F3O. The first-order valence-corrected chi connectivity index (χ1v) is 7.62. The fourth-order valence-corrected chi connectivity index (χ4v) is 3.80. The van der Waals surface area contributed by atoms with Crippen LogP contribution < -0.4 is 0 Å². The first kappa shape index (κ1) is 15.1. The second-order valence-corrected chi connectivity index (χ2v) is 6.66. The zero-order valence-corrected chi connectivity index (χ0v) is 11.6. The maximum absolute atomic E-state index is 12.6. The maximum atomic E-state index is 12.6. The third-order valence-corrected chi connectivity index (χ3v) is 5.26. The number of rotatable bonds is 2. The molecule has 2 saturated carbocycles. The van der Waals surface area contributed by atoms with Crippen LogP contribution in [0.25, 0.3) is 0 Å². The van der Waals surface area contributed by atoms with E-state index in [-0.39, 0.29) is 24.9 Å². The van der Waals surface area contributed by atoms with Gasteiger partial charge in [0, 0.05) is 0 Å². The molecule has 19 heavy (non-hydrogen) atoms. The van der Waals surface area contributed by atoms with Crippen molar-refractivity contribution in [3.63, 3.8) is 0 Å². The Hall–Kier alpha value is -0.250. The molecule has 2 fully saturated rings. The Balaban J connectivity index is 1.81. The van der Waals surface area contributed by atoms with Gasteiger partial charge < -0.3 is 5.11 Å². The highest BCUT2D eigenvalue weighted by Gasteiger charge is 2.43. The van der Waals surface area contributed by atoms with Crippen LogP contribution >= 0.6 is 0 Å². The van der Waals surface area contributed by atoms with Gasteiger partial charge in [-0.25, -0.2) is 0 Å². The van der Waals surface area contributed by atoms with Gasteiger partial charge in [0.05, 0.1) is 12.0 Å². The van der Waals surface area contributed by atoms with Crippen LogP contribution in [0.1, 0.15) is 58.3 Å². The van der Waals surface area contributed by atoms with E-state index in [4.69, 9.17) is 0 Å². The molecule has 4 heteroatoms. The fraction of sp³-hybridized carbons (Fsp3) is 1.00. The maximum Gasteiger partial charge on any atom is 0.391 e. The smallest absolute Gasteiger partial charge is 0.391 e. The number of aliphatic hydroxyl groups is 1. The first-order valence-electron chi connectivity index (χ1n) is 7.62. The van der Waals surface area contributed by atoms with Crippen molar-refractivity contribution in [1.29, 1.82) is 0 Å². The molecule has 1 nitrogen and oxygen atoms in total. The van der Waals surface area contributed by atoms with Crippen LogP contribution in [0.5, 0.6) is 0 Å². The predicted octanol–water partition coefficient (Wildman–Crippen LogP) is 4.54. The van der Waals surface area contributed by atoms with Gasteiger partial charge in [0.2, 0.25) is 0 Å². The number of alkyl halides is 3. The number of aliphatic hydroxyl groups excluding tert-OH is 1. The van der Waals surface area contributed by atoms with Crippen LogP contribution in [0.2, 0.25) is 0 Å². The molecule has 0 spiro atoms. The molecular weight excluding hydrogens is 253 g/mol. The minimum Gasteiger partial charge on any atom is -0.393 e. The summed E-state index contributed by atoms with van der Waals surface area (Å²) in [6.07, 6.45) is 1.46. The van der Waals surface area contributed by atoms with Crippen LogP contribution in [0, 0.1) is 23.7 Å². The van der Waals surface area contributed by atoms with E-state index in [9.17, 15) is 18.3 Å². The molecule has 0 aromatic heterocycles. The van der Waals surface area contributed by atoms with Gasteiger partial charge >= 0.3 is 6.18 Å². The van der Waals surface area contributed by atoms with Gasteiger partial charge in [0.25, 0.3) is 0 Å². The van der Waals surface area contributed by atoms with Crippen molar-refractivity contribution in [3.05, 3.63) is 0 Å². The van der Waals surface area contributed by atoms with Crippen LogP contribution in [0.15, 0.2) is 0 Å². The van der Waals surface area contributed by atoms with Crippen molar-refractivity contribution in [2.45, 2.75) is 70.6 Å². The average Bonchev–Trinajstić information content (AvgIpc) is 2.38. The minimum atomic E-state index is -4.05. The van der Waals surface area contributed by atoms with E-state index in [1.54, 1.807) is 0 Å². The summed E-state index contributed by atoms with van der Waals surface area (Å²) in [6, 6.07) is 0. The van der Waals surface area contributed by atoms with E-state index in [0.29, 0.717) is 18.8 Å². The highest BCUT2D eigenvalue weighted by molar-refractivity contribution is 4.85. The Morgan fingerprint density at radius 3 is 1.68 bits per heavy atom. The van der Waals surface area contributed by atoms with Gasteiger partial charge in [0.1, 0.15) is 0 Å². The zero-order chi connectivity index (χ0) is 14.0.